The van der Waals surface area contributed by atoms with Crippen molar-refractivity contribution < 1.29 is 19.1 Å². The molecule has 1 aliphatic heterocycles. The molecular formula is C16H20FNO3S. The Morgan fingerprint density at radius 3 is 2.64 bits per heavy atom. The van der Waals surface area contributed by atoms with Gasteiger partial charge < -0.3 is 10.0 Å². The number of carbonyl (C=O) groups excluding carboxylic acids is 1. The van der Waals surface area contributed by atoms with E-state index in [2.05, 4.69) is 0 Å². The molecule has 6 heteroatoms. The van der Waals surface area contributed by atoms with Crippen molar-refractivity contribution in [3.63, 3.8) is 0 Å². The van der Waals surface area contributed by atoms with Gasteiger partial charge in [-0.1, -0.05) is 6.92 Å². The SMILES string of the molecule is CC1CC(C(=O)O)CN(C(=O)CCSc2ccc(F)cc2)C1. The highest BCUT2D eigenvalue weighted by Crippen LogP contribution is 2.24. The van der Waals surface area contributed by atoms with Gasteiger partial charge in [0, 0.05) is 30.2 Å². The molecule has 120 valence electrons. The Hall–Kier alpha value is -1.56. The Balaban J connectivity index is 1.81. The predicted octanol–water partition coefficient (Wildman–Crippen LogP) is 2.88. The van der Waals surface area contributed by atoms with Gasteiger partial charge in [0.05, 0.1) is 5.92 Å². The van der Waals surface area contributed by atoms with Crippen molar-refractivity contribution in [1.29, 1.82) is 0 Å². The van der Waals surface area contributed by atoms with Crippen LogP contribution in [-0.4, -0.2) is 40.7 Å². The van der Waals surface area contributed by atoms with Crippen LogP contribution < -0.4 is 0 Å². The smallest absolute Gasteiger partial charge is 0.308 e. The van der Waals surface area contributed by atoms with Gasteiger partial charge in [-0.25, -0.2) is 4.39 Å². The van der Waals surface area contributed by atoms with Crippen LogP contribution in [0.5, 0.6) is 0 Å². The number of amides is 1. The molecule has 1 aromatic rings. The van der Waals surface area contributed by atoms with Crippen LogP contribution in [0, 0.1) is 17.7 Å². The number of piperidine rings is 1. The number of benzene rings is 1. The van der Waals surface area contributed by atoms with Gasteiger partial charge in [0.25, 0.3) is 0 Å². The first-order chi connectivity index (χ1) is 10.5. The van der Waals surface area contributed by atoms with Crippen molar-refractivity contribution in [3.05, 3.63) is 30.1 Å². The molecule has 4 nitrogen and oxygen atoms in total. The maximum atomic E-state index is 12.8. The normalized spacial score (nSPS) is 21.6. The third-order valence-electron chi connectivity index (χ3n) is 3.76. The molecular weight excluding hydrogens is 305 g/mol. The number of carbonyl (C=O) groups is 2. The van der Waals surface area contributed by atoms with Crippen molar-refractivity contribution in [2.45, 2.75) is 24.7 Å². The second-order valence-corrected chi connectivity index (χ2v) is 6.90. The average molecular weight is 325 g/mol. The van der Waals surface area contributed by atoms with E-state index in [-0.39, 0.29) is 17.6 Å². The summed E-state index contributed by atoms with van der Waals surface area (Å²) in [4.78, 5) is 25.9. The highest BCUT2D eigenvalue weighted by Gasteiger charge is 2.31. The number of likely N-dealkylation sites (tertiary alicyclic amines) is 1. The lowest BCUT2D eigenvalue weighted by Crippen LogP contribution is -2.45. The molecule has 2 unspecified atom stereocenters. The number of thioether (sulfide) groups is 1. The highest BCUT2D eigenvalue weighted by atomic mass is 32.2. The lowest BCUT2D eigenvalue weighted by molar-refractivity contribution is -0.146. The summed E-state index contributed by atoms with van der Waals surface area (Å²) < 4.78 is 12.8. The number of halogens is 1. The summed E-state index contributed by atoms with van der Waals surface area (Å²) in [6.45, 7) is 2.91. The van der Waals surface area contributed by atoms with E-state index in [0.717, 1.165) is 4.90 Å². The Kier molecular flexibility index (Phi) is 5.83. The van der Waals surface area contributed by atoms with Crippen LogP contribution in [0.1, 0.15) is 19.8 Å². The average Bonchev–Trinajstić information content (AvgIpc) is 2.48. The van der Waals surface area contributed by atoms with Gasteiger partial charge in [0.2, 0.25) is 5.91 Å². The predicted molar refractivity (Wildman–Crippen MR) is 83.2 cm³/mol. The van der Waals surface area contributed by atoms with E-state index in [4.69, 9.17) is 5.11 Å². The third kappa shape index (κ3) is 4.73. The summed E-state index contributed by atoms with van der Waals surface area (Å²) in [6, 6.07) is 6.17. The zero-order valence-electron chi connectivity index (χ0n) is 12.5. The second-order valence-electron chi connectivity index (χ2n) is 5.73. The number of rotatable bonds is 5. The number of carboxylic acids is 1. The molecule has 0 spiro atoms. The fourth-order valence-electron chi connectivity index (χ4n) is 2.68. The van der Waals surface area contributed by atoms with Crippen molar-refractivity contribution in [3.8, 4) is 0 Å². The maximum absolute atomic E-state index is 12.8. The first-order valence-electron chi connectivity index (χ1n) is 7.34. The first-order valence-corrected chi connectivity index (χ1v) is 8.33. The highest BCUT2D eigenvalue weighted by molar-refractivity contribution is 7.99. The minimum absolute atomic E-state index is 0.00703. The molecule has 22 heavy (non-hydrogen) atoms. The lowest BCUT2D eigenvalue weighted by Gasteiger charge is -2.34. The molecule has 2 atom stereocenters. The number of aliphatic carboxylic acids is 1. The van der Waals surface area contributed by atoms with Gasteiger partial charge in [-0.05, 0) is 36.6 Å². The molecule has 1 saturated heterocycles. The summed E-state index contributed by atoms with van der Waals surface area (Å²) >= 11 is 1.50. The Labute approximate surface area is 133 Å². The number of hydrogen-bond donors (Lipinski definition) is 1. The van der Waals surface area contributed by atoms with Crippen LogP contribution in [0.2, 0.25) is 0 Å². The van der Waals surface area contributed by atoms with Crippen molar-refractivity contribution in [2.75, 3.05) is 18.8 Å². The number of carboxylic acid groups (broad SMARTS) is 1. The van der Waals surface area contributed by atoms with Gasteiger partial charge in [-0.2, -0.15) is 0 Å². The van der Waals surface area contributed by atoms with Crippen molar-refractivity contribution >= 4 is 23.6 Å². The molecule has 1 amide bonds. The first kappa shape index (κ1) is 16.8. The number of hydrogen-bond acceptors (Lipinski definition) is 3. The molecule has 1 fully saturated rings. The van der Waals surface area contributed by atoms with E-state index in [9.17, 15) is 14.0 Å². The Morgan fingerprint density at radius 2 is 2.00 bits per heavy atom. The molecule has 0 aromatic heterocycles. The molecule has 0 saturated carbocycles. The van der Waals surface area contributed by atoms with Crippen LogP contribution in [0.4, 0.5) is 4.39 Å². The molecule has 1 heterocycles. The second kappa shape index (κ2) is 7.63. The van der Waals surface area contributed by atoms with Gasteiger partial charge >= 0.3 is 5.97 Å². The van der Waals surface area contributed by atoms with E-state index in [1.165, 1.54) is 23.9 Å². The van der Waals surface area contributed by atoms with E-state index in [1.54, 1.807) is 17.0 Å². The lowest BCUT2D eigenvalue weighted by atomic mass is 9.90. The van der Waals surface area contributed by atoms with Gasteiger partial charge in [-0.15, -0.1) is 11.8 Å². The zero-order valence-corrected chi connectivity index (χ0v) is 13.3. The monoisotopic (exact) mass is 325 g/mol. The van der Waals surface area contributed by atoms with Crippen molar-refractivity contribution in [2.24, 2.45) is 11.8 Å². The Bertz CT molecular complexity index is 535. The Morgan fingerprint density at radius 1 is 1.32 bits per heavy atom. The minimum atomic E-state index is -0.829. The maximum Gasteiger partial charge on any atom is 0.308 e. The third-order valence-corrected chi connectivity index (χ3v) is 4.77. The minimum Gasteiger partial charge on any atom is -0.481 e. The standard InChI is InChI=1S/C16H20FNO3S/c1-11-8-12(16(20)21)10-18(9-11)15(19)6-7-22-14-4-2-13(17)3-5-14/h2-5,11-12H,6-10H2,1H3,(H,20,21). The molecule has 0 aliphatic carbocycles. The molecule has 0 bridgehead atoms. The van der Waals surface area contributed by atoms with Crippen LogP contribution in [0.3, 0.4) is 0 Å². The largest absolute Gasteiger partial charge is 0.481 e. The van der Waals surface area contributed by atoms with Gasteiger partial charge in [0.1, 0.15) is 5.82 Å². The zero-order chi connectivity index (χ0) is 16.1. The molecule has 1 N–H and O–H groups in total. The fraction of sp³-hybridized carbons (Fsp3) is 0.500. The van der Waals surface area contributed by atoms with E-state index < -0.39 is 11.9 Å². The van der Waals surface area contributed by atoms with Crippen LogP contribution in [0.15, 0.2) is 29.2 Å². The molecule has 1 aromatic carbocycles. The van der Waals surface area contributed by atoms with E-state index in [1.807, 2.05) is 6.92 Å². The van der Waals surface area contributed by atoms with E-state index >= 15 is 0 Å². The van der Waals surface area contributed by atoms with Crippen LogP contribution in [-0.2, 0) is 9.59 Å². The fourth-order valence-corrected chi connectivity index (χ4v) is 3.52. The van der Waals surface area contributed by atoms with E-state index in [0.29, 0.717) is 31.7 Å². The summed E-state index contributed by atoms with van der Waals surface area (Å²) in [5, 5.41) is 9.13. The van der Waals surface area contributed by atoms with Crippen LogP contribution >= 0.6 is 11.8 Å². The van der Waals surface area contributed by atoms with Gasteiger partial charge in [0.15, 0.2) is 0 Å². The topological polar surface area (TPSA) is 57.6 Å². The number of nitrogens with zero attached hydrogens (tertiary/aromatic N) is 1. The summed E-state index contributed by atoms with van der Waals surface area (Å²) in [7, 11) is 0. The summed E-state index contributed by atoms with van der Waals surface area (Å²) in [5.41, 5.74) is 0. The van der Waals surface area contributed by atoms with Gasteiger partial charge in [-0.3, -0.25) is 9.59 Å². The van der Waals surface area contributed by atoms with Crippen molar-refractivity contribution in [1.82, 2.24) is 4.90 Å². The quantitative estimate of drug-likeness (QED) is 0.846. The molecule has 2 rings (SSSR count). The molecule has 1 aliphatic rings. The summed E-state index contributed by atoms with van der Waals surface area (Å²) in [5.74, 6) is -0.756. The summed E-state index contributed by atoms with van der Waals surface area (Å²) in [6.07, 6.45) is 0.991. The van der Waals surface area contributed by atoms with Crippen LogP contribution in [0.25, 0.3) is 0 Å². The molecule has 0 radical (unpaired) electrons.